The minimum atomic E-state index is -0.463. The van der Waals surface area contributed by atoms with Gasteiger partial charge in [0.05, 0.1) is 13.2 Å². The Labute approximate surface area is 202 Å². The van der Waals surface area contributed by atoms with E-state index in [0.29, 0.717) is 11.0 Å². The van der Waals surface area contributed by atoms with E-state index in [1.807, 2.05) is 85.3 Å². The summed E-state index contributed by atoms with van der Waals surface area (Å²) in [7, 11) is 1.64. The molecule has 1 aliphatic rings. The smallest absolute Gasteiger partial charge is 0.240 e. The molecule has 34 heavy (non-hydrogen) atoms. The standard InChI is InChI=1S/C26H25N5O2S/c1-16-13-17(2)15-20(14-16)27-25(32)23-22(18-9-11-21(33-3)12-10-18)30-31-24(28-29-26(31)34-23)19-7-5-4-6-8-19/h4-15,22-23,30H,1-3H3,(H,27,32)/t22-,23+/m1/s1. The fraction of sp³-hybridized carbons (Fsp3) is 0.192. The number of nitrogens with one attached hydrogen (secondary N) is 2. The van der Waals surface area contributed by atoms with E-state index in [4.69, 9.17) is 4.74 Å². The van der Waals surface area contributed by atoms with Crippen LogP contribution in [0.4, 0.5) is 5.69 Å². The van der Waals surface area contributed by atoms with Gasteiger partial charge >= 0.3 is 0 Å². The number of carbonyl (C=O) groups excluding carboxylic acids is 1. The largest absolute Gasteiger partial charge is 0.497 e. The first-order chi connectivity index (χ1) is 16.5. The molecular weight excluding hydrogens is 446 g/mol. The summed E-state index contributed by atoms with van der Waals surface area (Å²) in [5.74, 6) is 1.37. The second-order valence-electron chi connectivity index (χ2n) is 8.29. The van der Waals surface area contributed by atoms with Crippen molar-refractivity contribution in [3.8, 4) is 17.1 Å². The predicted octanol–water partition coefficient (Wildman–Crippen LogP) is 4.97. The number of aryl methyl sites for hydroxylation is 2. The minimum absolute atomic E-state index is 0.0983. The molecule has 1 aromatic heterocycles. The Morgan fingerprint density at radius 1 is 1.00 bits per heavy atom. The van der Waals surface area contributed by atoms with Crippen LogP contribution in [-0.2, 0) is 4.79 Å². The first kappa shape index (κ1) is 22.0. The third-order valence-corrected chi connectivity index (χ3v) is 6.91. The fourth-order valence-electron chi connectivity index (χ4n) is 4.15. The van der Waals surface area contributed by atoms with Gasteiger partial charge in [0.1, 0.15) is 11.0 Å². The summed E-state index contributed by atoms with van der Waals surface area (Å²) in [4.78, 5) is 13.5. The molecule has 0 aliphatic carbocycles. The van der Waals surface area contributed by atoms with Gasteiger partial charge in [0.15, 0.2) is 5.82 Å². The number of methoxy groups -OCH3 is 1. The van der Waals surface area contributed by atoms with E-state index in [-0.39, 0.29) is 11.9 Å². The van der Waals surface area contributed by atoms with Gasteiger partial charge in [0.2, 0.25) is 11.1 Å². The van der Waals surface area contributed by atoms with Crippen LogP contribution in [0.2, 0.25) is 0 Å². The lowest BCUT2D eigenvalue weighted by Gasteiger charge is -2.33. The maximum Gasteiger partial charge on any atom is 0.240 e. The van der Waals surface area contributed by atoms with Crippen molar-refractivity contribution in [1.82, 2.24) is 14.9 Å². The van der Waals surface area contributed by atoms with E-state index in [1.165, 1.54) is 11.8 Å². The quantitative estimate of drug-likeness (QED) is 0.428. The Bertz CT molecular complexity index is 1300. The number of benzene rings is 3. The number of nitrogens with zero attached hydrogens (tertiary/aromatic N) is 3. The first-order valence-corrected chi connectivity index (χ1v) is 11.9. The van der Waals surface area contributed by atoms with Crippen molar-refractivity contribution in [3.63, 3.8) is 0 Å². The van der Waals surface area contributed by atoms with Crippen LogP contribution in [0.25, 0.3) is 11.4 Å². The normalized spacial score (nSPS) is 16.9. The lowest BCUT2D eigenvalue weighted by Crippen LogP contribution is -2.41. The lowest BCUT2D eigenvalue weighted by molar-refractivity contribution is -0.116. The highest BCUT2D eigenvalue weighted by atomic mass is 32.2. The maximum atomic E-state index is 13.5. The molecule has 4 aromatic rings. The van der Waals surface area contributed by atoms with Crippen molar-refractivity contribution in [2.45, 2.75) is 30.3 Å². The number of aromatic nitrogens is 3. The van der Waals surface area contributed by atoms with E-state index in [2.05, 4.69) is 27.0 Å². The summed E-state index contributed by atoms with van der Waals surface area (Å²) in [6.07, 6.45) is 0. The Morgan fingerprint density at radius 3 is 2.38 bits per heavy atom. The summed E-state index contributed by atoms with van der Waals surface area (Å²) in [6, 6.07) is 23.4. The van der Waals surface area contributed by atoms with Crippen molar-refractivity contribution < 1.29 is 9.53 Å². The number of amides is 1. The molecule has 0 radical (unpaired) electrons. The summed E-state index contributed by atoms with van der Waals surface area (Å²) in [6.45, 7) is 4.04. The number of anilines is 1. The van der Waals surface area contributed by atoms with E-state index in [1.54, 1.807) is 7.11 Å². The zero-order valence-electron chi connectivity index (χ0n) is 19.1. The van der Waals surface area contributed by atoms with Crippen LogP contribution in [0.5, 0.6) is 5.75 Å². The Hall–Kier alpha value is -3.78. The van der Waals surface area contributed by atoms with E-state index in [0.717, 1.165) is 33.7 Å². The molecule has 3 aromatic carbocycles. The molecule has 1 aliphatic heterocycles. The Kier molecular flexibility index (Phi) is 5.98. The molecule has 1 amide bonds. The van der Waals surface area contributed by atoms with Crippen LogP contribution in [0, 0.1) is 13.8 Å². The zero-order valence-corrected chi connectivity index (χ0v) is 20.0. The lowest BCUT2D eigenvalue weighted by atomic mass is 10.0. The number of ether oxygens (including phenoxy) is 1. The Morgan fingerprint density at radius 2 is 1.71 bits per heavy atom. The molecule has 8 heteroatoms. The van der Waals surface area contributed by atoms with Crippen molar-refractivity contribution in [2.75, 3.05) is 17.9 Å². The van der Waals surface area contributed by atoms with Crippen LogP contribution < -0.4 is 15.5 Å². The first-order valence-electron chi connectivity index (χ1n) is 11.0. The predicted molar refractivity (Wildman–Crippen MR) is 135 cm³/mol. The highest BCUT2D eigenvalue weighted by Gasteiger charge is 2.38. The van der Waals surface area contributed by atoms with Gasteiger partial charge in [-0.3, -0.25) is 4.79 Å². The molecule has 0 saturated heterocycles. The second-order valence-corrected chi connectivity index (χ2v) is 9.40. The third kappa shape index (κ3) is 4.36. The van der Waals surface area contributed by atoms with E-state index >= 15 is 0 Å². The molecule has 0 unspecified atom stereocenters. The van der Waals surface area contributed by atoms with Gasteiger partial charge in [0, 0.05) is 11.3 Å². The molecule has 172 valence electrons. The van der Waals surface area contributed by atoms with Crippen LogP contribution >= 0.6 is 11.8 Å². The molecule has 2 heterocycles. The summed E-state index contributed by atoms with van der Waals surface area (Å²) < 4.78 is 7.19. The Balaban J connectivity index is 1.51. The summed E-state index contributed by atoms with van der Waals surface area (Å²) in [5, 5.41) is 12.1. The van der Waals surface area contributed by atoms with Gasteiger partial charge in [0.25, 0.3) is 0 Å². The number of hydrogen-bond acceptors (Lipinski definition) is 6. The van der Waals surface area contributed by atoms with Crippen LogP contribution in [0.1, 0.15) is 22.7 Å². The van der Waals surface area contributed by atoms with Crippen molar-refractivity contribution in [2.24, 2.45) is 0 Å². The third-order valence-electron chi connectivity index (χ3n) is 5.69. The van der Waals surface area contributed by atoms with Gasteiger partial charge in [-0.05, 0) is 54.8 Å². The molecule has 5 rings (SSSR count). The molecule has 0 bridgehead atoms. The van der Waals surface area contributed by atoms with Gasteiger partial charge < -0.3 is 15.5 Å². The highest BCUT2D eigenvalue weighted by molar-refractivity contribution is 8.00. The number of thioether (sulfide) groups is 1. The second kappa shape index (κ2) is 9.23. The van der Waals surface area contributed by atoms with E-state index < -0.39 is 5.25 Å². The number of rotatable bonds is 5. The van der Waals surface area contributed by atoms with Crippen LogP contribution in [0.3, 0.4) is 0 Å². The zero-order chi connectivity index (χ0) is 23.7. The van der Waals surface area contributed by atoms with Crippen molar-refractivity contribution >= 4 is 23.4 Å². The van der Waals surface area contributed by atoms with Crippen LogP contribution in [0.15, 0.2) is 78.0 Å². The molecule has 2 atom stereocenters. The van der Waals surface area contributed by atoms with Gasteiger partial charge in [-0.25, -0.2) is 4.68 Å². The highest BCUT2D eigenvalue weighted by Crippen LogP contribution is 2.39. The van der Waals surface area contributed by atoms with Crippen LogP contribution in [-0.4, -0.2) is 33.1 Å². The van der Waals surface area contributed by atoms with Gasteiger partial charge in [-0.1, -0.05) is 60.3 Å². The topological polar surface area (TPSA) is 81.1 Å². The molecule has 7 nitrogen and oxygen atoms in total. The average molecular weight is 472 g/mol. The van der Waals surface area contributed by atoms with E-state index in [9.17, 15) is 4.79 Å². The molecular formula is C26H25N5O2S. The fourth-order valence-corrected chi connectivity index (χ4v) is 5.23. The minimum Gasteiger partial charge on any atom is -0.497 e. The summed E-state index contributed by atoms with van der Waals surface area (Å²) in [5.41, 5.74) is 8.40. The average Bonchev–Trinajstić information content (AvgIpc) is 3.26. The molecule has 0 saturated carbocycles. The molecule has 0 spiro atoms. The summed E-state index contributed by atoms with van der Waals surface area (Å²) >= 11 is 1.40. The monoisotopic (exact) mass is 471 g/mol. The molecule has 2 N–H and O–H groups in total. The number of carbonyl (C=O) groups is 1. The van der Waals surface area contributed by atoms with Crippen molar-refractivity contribution in [1.29, 1.82) is 0 Å². The molecule has 0 fully saturated rings. The number of hydrogen-bond donors (Lipinski definition) is 2. The maximum absolute atomic E-state index is 13.5. The van der Waals surface area contributed by atoms with Gasteiger partial charge in [-0.2, -0.15) is 0 Å². The SMILES string of the molecule is COc1ccc([C@H]2Nn3c(nnc3-c3ccccc3)S[C@@H]2C(=O)Nc2cc(C)cc(C)c2)cc1. The number of fused-ring (bicyclic) bond motifs is 1. The van der Waals surface area contributed by atoms with Crippen molar-refractivity contribution in [3.05, 3.63) is 89.5 Å². The van der Waals surface area contributed by atoms with Gasteiger partial charge in [-0.15, -0.1) is 10.2 Å².